The normalized spacial score (nSPS) is 11.8. The number of aliphatic hydroxyl groups excluding tert-OH is 1. The molecule has 0 amide bonds. The first-order valence-electron chi connectivity index (χ1n) is 3.06. The standard InChI is InChI=1S/C7H12O3/c1-5(2)6(8)4-7(9)10-3/h4-5,8H,1-3H3. The van der Waals surface area contributed by atoms with E-state index in [-0.39, 0.29) is 11.7 Å². The van der Waals surface area contributed by atoms with Crippen LogP contribution in [0.2, 0.25) is 0 Å². The van der Waals surface area contributed by atoms with Gasteiger partial charge < -0.3 is 9.84 Å². The molecule has 0 spiro atoms. The van der Waals surface area contributed by atoms with Gasteiger partial charge in [0.15, 0.2) is 0 Å². The minimum absolute atomic E-state index is 0.0286. The SMILES string of the molecule is COC(=O)C=C(O)C(C)C. The number of carbonyl (C=O) groups is 1. The summed E-state index contributed by atoms with van der Waals surface area (Å²) in [5.41, 5.74) is 0. The van der Waals surface area contributed by atoms with Crippen LogP contribution in [0.3, 0.4) is 0 Å². The van der Waals surface area contributed by atoms with Crippen molar-refractivity contribution >= 4 is 5.97 Å². The Bertz CT molecular complexity index is 147. The van der Waals surface area contributed by atoms with Gasteiger partial charge in [0.2, 0.25) is 0 Å². The fourth-order valence-electron chi connectivity index (χ4n) is 0.346. The number of esters is 1. The summed E-state index contributed by atoms with van der Waals surface area (Å²) in [5.74, 6) is -0.503. The van der Waals surface area contributed by atoms with Crippen LogP contribution in [0.4, 0.5) is 0 Å². The summed E-state index contributed by atoms with van der Waals surface area (Å²) in [6, 6.07) is 0. The highest BCUT2D eigenvalue weighted by Gasteiger charge is 2.02. The first-order chi connectivity index (χ1) is 4.57. The number of allylic oxidation sites excluding steroid dienone is 1. The molecule has 0 bridgehead atoms. The van der Waals surface area contributed by atoms with Crippen molar-refractivity contribution in [3.63, 3.8) is 0 Å². The molecule has 0 aliphatic heterocycles. The molecule has 0 aromatic heterocycles. The first kappa shape index (κ1) is 9.01. The second-order valence-electron chi connectivity index (χ2n) is 2.25. The van der Waals surface area contributed by atoms with E-state index in [4.69, 9.17) is 5.11 Å². The molecule has 0 aliphatic carbocycles. The van der Waals surface area contributed by atoms with Gasteiger partial charge in [0.05, 0.1) is 13.2 Å². The second-order valence-corrected chi connectivity index (χ2v) is 2.25. The Morgan fingerprint density at radius 3 is 2.40 bits per heavy atom. The van der Waals surface area contributed by atoms with Gasteiger partial charge in [-0.1, -0.05) is 13.8 Å². The maximum Gasteiger partial charge on any atom is 0.333 e. The molecule has 0 fully saturated rings. The van der Waals surface area contributed by atoms with Gasteiger partial charge in [0.1, 0.15) is 5.76 Å². The van der Waals surface area contributed by atoms with E-state index in [1.54, 1.807) is 13.8 Å². The van der Waals surface area contributed by atoms with Gasteiger partial charge in [-0.25, -0.2) is 4.79 Å². The molecule has 0 aliphatic rings. The van der Waals surface area contributed by atoms with Gasteiger partial charge in [0.25, 0.3) is 0 Å². The molecule has 58 valence electrons. The van der Waals surface area contributed by atoms with Crippen molar-refractivity contribution in [2.45, 2.75) is 13.8 Å². The van der Waals surface area contributed by atoms with E-state index < -0.39 is 5.97 Å². The molecule has 0 radical (unpaired) electrons. The van der Waals surface area contributed by atoms with Crippen molar-refractivity contribution < 1.29 is 14.6 Å². The quantitative estimate of drug-likeness (QED) is 0.360. The molecule has 0 atom stereocenters. The van der Waals surface area contributed by atoms with E-state index in [2.05, 4.69) is 4.74 Å². The summed E-state index contributed by atoms with van der Waals surface area (Å²) in [7, 11) is 1.27. The molecule has 0 aromatic rings. The third-order valence-electron chi connectivity index (χ3n) is 1.06. The maximum absolute atomic E-state index is 10.5. The lowest BCUT2D eigenvalue weighted by molar-refractivity contribution is -0.135. The minimum Gasteiger partial charge on any atom is -0.512 e. The zero-order valence-electron chi connectivity index (χ0n) is 6.42. The third-order valence-corrected chi connectivity index (χ3v) is 1.06. The number of aliphatic hydroxyl groups is 1. The molecule has 3 nitrogen and oxygen atoms in total. The number of ether oxygens (including phenoxy) is 1. The van der Waals surface area contributed by atoms with Gasteiger partial charge in [-0.3, -0.25) is 0 Å². The Hall–Kier alpha value is -0.990. The molecule has 10 heavy (non-hydrogen) atoms. The van der Waals surface area contributed by atoms with Crippen molar-refractivity contribution in [1.29, 1.82) is 0 Å². The Balaban J connectivity index is 4.03. The molecule has 3 heteroatoms. The number of methoxy groups -OCH3 is 1. The lowest BCUT2D eigenvalue weighted by Crippen LogP contribution is -2.00. The molecular weight excluding hydrogens is 132 g/mol. The van der Waals surface area contributed by atoms with Crippen molar-refractivity contribution in [1.82, 2.24) is 0 Å². The lowest BCUT2D eigenvalue weighted by Gasteiger charge is -2.00. The van der Waals surface area contributed by atoms with Gasteiger partial charge in [-0.05, 0) is 0 Å². The molecule has 0 saturated heterocycles. The predicted molar refractivity (Wildman–Crippen MR) is 37.6 cm³/mol. The van der Waals surface area contributed by atoms with Crippen LogP contribution < -0.4 is 0 Å². The first-order valence-corrected chi connectivity index (χ1v) is 3.06. The Morgan fingerprint density at radius 1 is 1.60 bits per heavy atom. The Labute approximate surface area is 60.3 Å². The molecular formula is C7H12O3. The van der Waals surface area contributed by atoms with Gasteiger partial charge in [-0.15, -0.1) is 0 Å². The van der Waals surface area contributed by atoms with Gasteiger partial charge in [-0.2, -0.15) is 0 Å². The van der Waals surface area contributed by atoms with E-state index in [1.807, 2.05) is 0 Å². The van der Waals surface area contributed by atoms with E-state index in [9.17, 15) is 4.79 Å². The summed E-state index contributed by atoms with van der Waals surface area (Å²) in [6.07, 6.45) is 1.07. The highest BCUT2D eigenvalue weighted by Crippen LogP contribution is 2.04. The Kier molecular flexibility index (Phi) is 3.54. The summed E-state index contributed by atoms with van der Waals surface area (Å²) >= 11 is 0. The van der Waals surface area contributed by atoms with E-state index >= 15 is 0 Å². The number of hydrogen-bond donors (Lipinski definition) is 1. The lowest BCUT2D eigenvalue weighted by atomic mass is 10.2. The number of rotatable bonds is 2. The van der Waals surface area contributed by atoms with Crippen molar-refractivity contribution in [2.75, 3.05) is 7.11 Å². The fraction of sp³-hybridized carbons (Fsp3) is 0.571. The largest absolute Gasteiger partial charge is 0.512 e. The van der Waals surface area contributed by atoms with Crippen LogP contribution in [0.15, 0.2) is 11.8 Å². The van der Waals surface area contributed by atoms with Gasteiger partial charge >= 0.3 is 5.97 Å². The molecule has 0 saturated carbocycles. The molecule has 0 rings (SSSR count). The van der Waals surface area contributed by atoms with Crippen LogP contribution in [0, 0.1) is 5.92 Å². The van der Waals surface area contributed by atoms with Crippen LogP contribution in [0.5, 0.6) is 0 Å². The van der Waals surface area contributed by atoms with Crippen LogP contribution in [-0.4, -0.2) is 18.2 Å². The average molecular weight is 144 g/mol. The average Bonchev–Trinajstić information content (AvgIpc) is 1.87. The zero-order chi connectivity index (χ0) is 8.15. The predicted octanol–water partition coefficient (Wildman–Crippen LogP) is 1.26. The van der Waals surface area contributed by atoms with Crippen molar-refractivity contribution in [3.05, 3.63) is 11.8 Å². The summed E-state index contributed by atoms with van der Waals surface area (Å²) < 4.78 is 4.30. The highest BCUT2D eigenvalue weighted by atomic mass is 16.5. The van der Waals surface area contributed by atoms with Crippen molar-refractivity contribution in [2.24, 2.45) is 5.92 Å². The molecule has 1 N–H and O–H groups in total. The monoisotopic (exact) mass is 144 g/mol. The Morgan fingerprint density at radius 2 is 2.10 bits per heavy atom. The second kappa shape index (κ2) is 3.93. The van der Waals surface area contributed by atoms with E-state index in [1.165, 1.54) is 7.11 Å². The van der Waals surface area contributed by atoms with Crippen LogP contribution in [-0.2, 0) is 9.53 Å². The zero-order valence-corrected chi connectivity index (χ0v) is 6.42. The molecule has 0 unspecified atom stereocenters. The van der Waals surface area contributed by atoms with E-state index in [0.29, 0.717) is 0 Å². The topological polar surface area (TPSA) is 46.5 Å². The third kappa shape index (κ3) is 3.12. The summed E-state index contributed by atoms with van der Waals surface area (Å²) in [5, 5.41) is 8.99. The molecule has 0 aromatic carbocycles. The van der Waals surface area contributed by atoms with Crippen LogP contribution in [0.1, 0.15) is 13.8 Å². The van der Waals surface area contributed by atoms with E-state index in [0.717, 1.165) is 6.08 Å². The fourth-order valence-corrected chi connectivity index (χ4v) is 0.346. The van der Waals surface area contributed by atoms with Crippen molar-refractivity contribution in [3.8, 4) is 0 Å². The summed E-state index contributed by atoms with van der Waals surface area (Å²) in [4.78, 5) is 10.5. The van der Waals surface area contributed by atoms with Gasteiger partial charge in [0, 0.05) is 5.92 Å². The maximum atomic E-state index is 10.5. The summed E-state index contributed by atoms with van der Waals surface area (Å²) in [6.45, 7) is 3.57. The minimum atomic E-state index is -0.522. The van der Waals surface area contributed by atoms with Crippen LogP contribution >= 0.6 is 0 Å². The highest BCUT2D eigenvalue weighted by molar-refractivity contribution is 5.82. The smallest absolute Gasteiger partial charge is 0.333 e. The molecule has 0 heterocycles. The number of hydrogen-bond acceptors (Lipinski definition) is 3. The van der Waals surface area contributed by atoms with Crippen LogP contribution in [0.25, 0.3) is 0 Å². The number of carbonyl (C=O) groups excluding carboxylic acids is 1.